The van der Waals surface area contributed by atoms with Crippen molar-refractivity contribution in [2.24, 2.45) is 0 Å². The highest BCUT2D eigenvalue weighted by molar-refractivity contribution is 5.15. The first-order chi connectivity index (χ1) is 22.9. The van der Waals surface area contributed by atoms with Crippen LogP contribution in [-0.4, -0.2) is 114 Å². The van der Waals surface area contributed by atoms with Crippen molar-refractivity contribution in [2.45, 2.75) is 81.2 Å². The van der Waals surface area contributed by atoms with Crippen LogP contribution in [-0.2, 0) is 53.0 Å². The molecule has 2 fully saturated rings. The number of methoxy groups -OCH3 is 2. The Hall–Kier alpha value is -2.82. The van der Waals surface area contributed by atoms with E-state index in [0.29, 0.717) is 19.8 Å². The lowest BCUT2D eigenvalue weighted by molar-refractivity contribution is -0.313. The fourth-order valence-electron chi connectivity index (χ4n) is 5.28. The van der Waals surface area contributed by atoms with Crippen LogP contribution >= 0.6 is 0 Å². The lowest BCUT2D eigenvalue weighted by Crippen LogP contribution is -2.60. The Bertz CT molecular complexity index is 1230. The molecule has 0 aliphatic carbocycles. The molecule has 10 atom stereocenters. The molecule has 0 bridgehead atoms. The van der Waals surface area contributed by atoms with Gasteiger partial charge in [-0.3, -0.25) is 0 Å². The van der Waals surface area contributed by atoms with E-state index in [1.807, 2.05) is 91.0 Å². The largest absolute Gasteiger partial charge is 0.394 e. The van der Waals surface area contributed by atoms with E-state index in [4.69, 9.17) is 38.3 Å². The van der Waals surface area contributed by atoms with Crippen molar-refractivity contribution >= 4 is 0 Å². The van der Waals surface area contributed by atoms with E-state index in [9.17, 15) is 20.4 Å². The number of aliphatic hydroxyl groups is 5. The van der Waals surface area contributed by atoms with Gasteiger partial charge in [-0.05, 0) is 16.7 Å². The Morgan fingerprint density at radius 2 is 0.979 bits per heavy atom. The number of rotatable bonds is 13. The summed E-state index contributed by atoms with van der Waals surface area (Å²) in [5, 5.41) is 47.6. The van der Waals surface area contributed by atoms with Gasteiger partial charge in [-0.1, -0.05) is 91.0 Å². The first kappa shape index (κ1) is 37.0. The van der Waals surface area contributed by atoms with Gasteiger partial charge in [-0.15, -0.1) is 0 Å². The summed E-state index contributed by atoms with van der Waals surface area (Å²) in [4.78, 5) is 0. The summed E-state index contributed by atoms with van der Waals surface area (Å²) < 4.78 is 39.6. The van der Waals surface area contributed by atoms with Crippen molar-refractivity contribution in [3.8, 4) is 0 Å². The van der Waals surface area contributed by atoms with E-state index >= 15 is 0 Å². The van der Waals surface area contributed by atoms with Crippen molar-refractivity contribution in [3.63, 3.8) is 0 Å². The molecule has 3 aromatic carbocycles. The average molecular weight is 659 g/mol. The smallest absolute Gasteiger partial charge is 0.186 e. The second kappa shape index (κ2) is 19.2. The molecule has 5 rings (SSSR count). The van der Waals surface area contributed by atoms with Gasteiger partial charge >= 0.3 is 0 Å². The monoisotopic (exact) mass is 658 g/mol. The molecule has 3 aromatic rings. The van der Waals surface area contributed by atoms with Gasteiger partial charge in [0.25, 0.3) is 0 Å². The lowest BCUT2D eigenvalue weighted by Gasteiger charge is -2.43. The Balaban J connectivity index is 0.000000323. The Kier molecular flexibility index (Phi) is 15.2. The summed E-state index contributed by atoms with van der Waals surface area (Å²) in [6.45, 7) is 0.972. The molecule has 12 heteroatoms. The summed E-state index contributed by atoms with van der Waals surface area (Å²) >= 11 is 0. The molecule has 47 heavy (non-hydrogen) atoms. The fourth-order valence-corrected chi connectivity index (χ4v) is 5.28. The zero-order valence-electron chi connectivity index (χ0n) is 26.6. The minimum Gasteiger partial charge on any atom is -0.394 e. The summed E-state index contributed by atoms with van der Waals surface area (Å²) in [6, 6.07) is 29.7. The molecular weight excluding hydrogens is 612 g/mol. The van der Waals surface area contributed by atoms with Gasteiger partial charge < -0.3 is 58.7 Å². The van der Waals surface area contributed by atoms with Crippen LogP contribution in [0.25, 0.3) is 0 Å². The summed E-state index contributed by atoms with van der Waals surface area (Å²) in [5.74, 6) is 0. The maximum Gasteiger partial charge on any atom is 0.186 e. The van der Waals surface area contributed by atoms with Gasteiger partial charge in [-0.2, -0.15) is 0 Å². The second-order valence-corrected chi connectivity index (χ2v) is 11.2. The van der Waals surface area contributed by atoms with E-state index in [-0.39, 0.29) is 6.61 Å². The van der Waals surface area contributed by atoms with Gasteiger partial charge in [0.05, 0.1) is 33.0 Å². The highest BCUT2D eigenvalue weighted by Gasteiger charge is 2.47. The molecule has 0 radical (unpaired) electrons. The maximum atomic E-state index is 11.0. The van der Waals surface area contributed by atoms with E-state index in [1.54, 1.807) is 0 Å². The first-order valence-electron chi connectivity index (χ1n) is 15.5. The molecule has 10 unspecified atom stereocenters. The average Bonchev–Trinajstić information content (AvgIpc) is 3.11. The highest BCUT2D eigenvalue weighted by atomic mass is 16.7. The quantitative estimate of drug-likeness (QED) is 0.180. The molecular formula is C35H46O12. The first-order valence-corrected chi connectivity index (χ1v) is 15.5. The molecule has 0 amide bonds. The number of ether oxygens (including phenoxy) is 7. The van der Waals surface area contributed by atoms with Crippen LogP contribution in [0.4, 0.5) is 0 Å². The van der Waals surface area contributed by atoms with Crippen LogP contribution in [0.2, 0.25) is 0 Å². The van der Waals surface area contributed by atoms with Crippen LogP contribution in [0, 0.1) is 0 Å². The predicted octanol–water partition coefficient (Wildman–Crippen LogP) is 1.54. The van der Waals surface area contributed by atoms with Crippen molar-refractivity contribution in [1.29, 1.82) is 0 Å². The lowest BCUT2D eigenvalue weighted by atomic mass is 9.98. The summed E-state index contributed by atoms with van der Waals surface area (Å²) in [6.07, 6.45) is -9.47. The molecule has 12 nitrogen and oxygen atoms in total. The van der Waals surface area contributed by atoms with Crippen molar-refractivity contribution in [1.82, 2.24) is 0 Å². The molecule has 2 saturated heterocycles. The Labute approximate surface area is 275 Å². The van der Waals surface area contributed by atoms with E-state index < -0.39 is 68.0 Å². The molecule has 2 aliphatic rings. The molecule has 5 N–H and O–H groups in total. The van der Waals surface area contributed by atoms with Crippen LogP contribution < -0.4 is 0 Å². The minimum atomic E-state index is -1.36. The van der Waals surface area contributed by atoms with Crippen LogP contribution in [0.1, 0.15) is 16.7 Å². The number of aliphatic hydroxyl groups excluding tert-OH is 5. The van der Waals surface area contributed by atoms with Crippen LogP contribution in [0.3, 0.4) is 0 Å². The van der Waals surface area contributed by atoms with Crippen LogP contribution in [0.15, 0.2) is 91.0 Å². The molecule has 2 aliphatic heterocycles. The molecule has 0 aromatic heterocycles. The fraction of sp³-hybridized carbons (Fsp3) is 0.486. The van der Waals surface area contributed by atoms with Gasteiger partial charge in [0.15, 0.2) is 12.6 Å². The Morgan fingerprint density at radius 1 is 0.532 bits per heavy atom. The standard InChI is InChI=1S/C28H32O6.C7H14O6/c1-30-28-25(29)27(33-19-23-15-9-4-10-16-23)26(32-18-22-13-7-3-8-14-22)24(34-28)20-31-17-21-11-5-2-6-12-21;1-12-7-6(11)5(10)4(9)3(2-8)13-7/h2-16,24-29H,17-20H2,1H3;3-11H,2H2,1H3. The normalized spacial score (nSPS) is 30.7. The third kappa shape index (κ3) is 10.6. The third-order valence-electron chi connectivity index (χ3n) is 7.89. The molecule has 2 heterocycles. The van der Waals surface area contributed by atoms with Gasteiger partial charge in [-0.25, -0.2) is 0 Å². The maximum absolute atomic E-state index is 11.0. The zero-order chi connectivity index (χ0) is 33.6. The van der Waals surface area contributed by atoms with Crippen molar-refractivity contribution in [3.05, 3.63) is 108 Å². The highest BCUT2D eigenvalue weighted by Crippen LogP contribution is 2.29. The van der Waals surface area contributed by atoms with Gasteiger partial charge in [0.2, 0.25) is 0 Å². The topological polar surface area (TPSA) is 166 Å². The SMILES string of the molecule is COC1OC(CO)C(O)C(O)C1O.COC1OC(COCc2ccccc2)C(OCc2ccccc2)C(OCc2ccccc2)C1O. The summed E-state index contributed by atoms with van der Waals surface area (Å²) in [5.41, 5.74) is 3.10. The zero-order valence-corrected chi connectivity index (χ0v) is 26.6. The summed E-state index contributed by atoms with van der Waals surface area (Å²) in [7, 11) is 2.81. The molecule has 0 spiro atoms. The van der Waals surface area contributed by atoms with E-state index in [0.717, 1.165) is 16.7 Å². The molecule has 258 valence electrons. The van der Waals surface area contributed by atoms with E-state index in [1.165, 1.54) is 14.2 Å². The van der Waals surface area contributed by atoms with Crippen molar-refractivity contribution < 1.29 is 58.7 Å². The van der Waals surface area contributed by atoms with E-state index in [2.05, 4.69) is 0 Å². The van der Waals surface area contributed by atoms with Gasteiger partial charge in [0, 0.05) is 14.2 Å². The van der Waals surface area contributed by atoms with Crippen LogP contribution in [0.5, 0.6) is 0 Å². The van der Waals surface area contributed by atoms with Gasteiger partial charge in [0.1, 0.15) is 48.8 Å². The number of benzene rings is 3. The number of hydrogen-bond acceptors (Lipinski definition) is 12. The predicted molar refractivity (Wildman–Crippen MR) is 169 cm³/mol. The second-order valence-electron chi connectivity index (χ2n) is 11.2. The minimum absolute atomic E-state index is 0.270. The third-order valence-corrected chi connectivity index (χ3v) is 7.89. The molecule has 0 saturated carbocycles. The Morgan fingerprint density at radius 3 is 1.47 bits per heavy atom. The number of hydrogen-bond donors (Lipinski definition) is 5. The van der Waals surface area contributed by atoms with Crippen molar-refractivity contribution in [2.75, 3.05) is 27.4 Å².